The molecule has 0 amide bonds. The Labute approximate surface area is 155 Å². The van der Waals surface area contributed by atoms with Crippen LogP contribution >= 0.6 is 23.2 Å². The number of para-hydroxylation sites is 1. The number of hydrogen-bond donors (Lipinski definition) is 1. The maximum absolute atomic E-state index is 12.4. The van der Waals surface area contributed by atoms with Gasteiger partial charge in [-0.15, -0.1) is 0 Å². The average Bonchev–Trinajstić information content (AvgIpc) is 2.57. The summed E-state index contributed by atoms with van der Waals surface area (Å²) in [5, 5.41) is 20.5. The largest absolute Gasteiger partial charge is 0.494 e. The molecule has 0 unspecified atom stereocenters. The van der Waals surface area contributed by atoms with Crippen molar-refractivity contribution in [2.45, 2.75) is 33.2 Å². The van der Waals surface area contributed by atoms with E-state index in [0.29, 0.717) is 39.8 Å². The molecule has 0 spiro atoms. The van der Waals surface area contributed by atoms with Crippen LogP contribution in [-0.2, 0) is 6.54 Å². The van der Waals surface area contributed by atoms with E-state index in [1.54, 1.807) is 25.1 Å². The topological polar surface area (TPSA) is 78.4 Å². The summed E-state index contributed by atoms with van der Waals surface area (Å²) in [5.74, 6) is -0.220. The van der Waals surface area contributed by atoms with Gasteiger partial charge in [0.05, 0.1) is 15.6 Å². The SMILES string of the molecule is CCCCn1c(O)c(C=Nc2c(Cl)cccc2Cl)c(C)c(C#N)c1=O. The third kappa shape index (κ3) is 3.87. The summed E-state index contributed by atoms with van der Waals surface area (Å²) in [5.41, 5.74) is 0.502. The van der Waals surface area contributed by atoms with Crippen molar-refractivity contribution in [3.05, 3.63) is 55.3 Å². The summed E-state index contributed by atoms with van der Waals surface area (Å²) in [6, 6.07) is 6.91. The Morgan fingerprint density at radius 1 is 1.36 bits per heavy atom. The molecule has 0 radical (unpaired) electrons. The number of pyridine rings is 1. The number of benzene rings is 1. The first-order valence-corrected chi connectivity index (χ1v) is 8.52. The van der Waals surface area contributed by atoms with Gasteiger partial charge in [0.1, 0.15) is 17.3 Å². The number of nitriles is 1. The fraction of sp³-hybridized carbons (Fsp3) is 0.278. The quantitative estimate of drug-likeness (QED) is 0.773. The van der Waals surface area contributed by atoms with Gasteiger partial charge in [0.2, 0.25) is 5.88 Å². The van der Waals surface area contributed by atoms with Crippen LogP contribution in [0.15, 0.2) is 28.0 Å². The van der Waals surface area contributed by atoms with Crippen molar-refractivity contribution in [2.24, 2.45) is 4.99 Å². The maximum Gasteiger partial charge on any atom is 0.271 e. The molecule has 7 heteroatoms. The van der Waals surface area contributed by atoms with Crippen LogP contribution in [-0.4, -0.2) is 15.9 Å². The summed E-state index contributed by atoms with van der Waals surface area (Å²) in [6.07, 6.45) is 2.93. The van der Waals surface area contributed by atoms with Gasteiger partial charge in [-0.25, -0.2) is 0 Å². The molecule has 25 heavy (non-hydrogen) atoms. The third-order valence-electron chi connectivity index (χ3n) is 3.84. The fourth-order valence-electron chi connectivity index (χ4n) is 2.39. The maximum atomic E-state index is 12.4. The van der Waals surface area contributed by atoms with Gasteiger partial charge in [-0.3, -0.25) is 14.4 Å². The summed E-state index contributed by atoms with van der Waals surface area (Å²) >= 11 is 12.2. The minimum Gasteiger partial charge on any atom is -0.494 e. The van der Waals surface area contributed by atoms with Crippen LogP contribution in [0.3, 0.4) is 0 Å². The average molecular weight is 378 g/mol. The third-order valence-corrected chi connectivity index (χ3v) is 4.45. The van der Waals surface area contributed by atoms with E-state index in [0.717, 1.165) is 6.42 Å². The number of hydrogen-bond acceptors (Lipinski definition) is 4. The van der Waals surface area contributed by atoms with E-state index in [1.807, 2.05) is 13.0 Å². The Morgan fingerprint density at radius 3 is 2.56 bits per heavy atom. The molecule has 0 saturated heterocycles. The van der Waals surface area contributed by atoms with E-state index >= 15 is 0 Å². The number of unbranched alkanes of at least 4 members (excludes halogenated alkanes) is 1. The van der Waals surface area contributed by atoms with Gasteiger partial charge in [-0.1, -0.05) is 42.6 Å². The van der Waals surface area contributed by atoms with Crippen LogP contribution < -0.4 is 5.56 Å². The van der Waals surface area contributed by atoms with Crippen molar-refractivity contribution in [3.8, 4) is 11.9 Å². The molecule has 0 aliphatic heterocycles. The lowest BCUT2D eigenvalue weighted by atomic mass is 10.1. The highest BCUT2D eigenvalue weighted by Gasteiger charge is 2.17. The smallest absolute Gasteiger partial charge is 0.271 e. The monoisotopic (exact) mass is 377 g/mol. The summed E-state index contributed by atoms with van der Waals surface area (Å²) in [7, 11) is 0. The molecule has 0 atom stereocenters. The Bertz CT molecular complexity index is 907. The molecular weight excluding hydrogens is 361 g/mol. The highest BCUT2D eigenvalue weighted by molar-refractivity contribution is 6.38. The molecule has 1 N–H and O–H groups in total. The lowest BCUT2D eigenvalue weighted by molar-refractivity contribution is 0.400. The standard InChI is InChI=1S/C18H17Cl2N3O2/c1-3-4-8-23-17(24)12(9-21)11(2)13(18(23)25)10-22-16-14(19)6-5-7-15(16)20/h5-7,10,25H,3-4,8H2,1-2H3. The molecule has 2 aromatic rings. The van der Waals surface area contributed by atoms with E-state index in [9.17, 15) is 15.2 Å². The van der Waals surface area contributed by atoms with Gasteiger partial charge in [0, 0.05) is 12.8 Å². The zero-order valence-corrected chi connectivity index (χ0v) is 15.4. The van der Waals surface area contributed by atoms with E-state index in [4.69, 9.17) is 23.2 Å². The van der Waals surface area contributed by atoms with Crippen LogP contribution in [0.4, 0.5) is 5.69 Å². The lowest BCUT2D eigenvalue weighted by Crippen LogP contribution is -2.25. The van der Waals surface area contributed by atoms with Crippen molar-refractivity contribution in [1.29, 1.82) is 5.26 Å². The van der Waals surface area contributed by atoms with E-state index < -0.39 is 5.56 Å². The van der Waals surface area contributed by atoms with Crippen LogP contribution in [0.5, 0.6) is 5.88 Å². The highest BCUT2D eigenvalue weighted by Crippen LogP contribution is 2.33. The Morgan fingerprint density at radius 2 is 2.00 bits per heavy atom. The number of aliphatic imine (C=N–C) groups is 1. The number of aromatic hydroxyl groups is 1. The number of halogens is 2. The van der Waals surface area contributed by atoms with Crippen molar-refractivity contribution in [2.75, 3.05) is 0 Å². The van der Waals surface area contributed by atoms with Crippen LogP contribution in [0.1, 0.15) is 36.5 Å². The minimum absolute atomic E-state index is 0.0133. The van der Waals surface area contributed by atoms with E-state index in [-0.39, 0.29) is 11.4 Å². The molecule has 1 heterocycles. The van der Waals surface area contributed by atoms with Gasteiger partial charge in [0.15, 0.2) is 0 Å². The van der Waals surface area contributed by atoms with Crippen molar-refractivity contribution >= 4 is 35.1 Å². The predicted molar refractivity (Wildman–Crippen MR) is 100 cm³/mol. The van der Waals surface area contributed by atoms with Crippen molar-refractivity contribution in [1.82, 2.24) is 4.57 Å². The molecule has 0 fully saturated rings. The first-order valence-electron chi connectivity index (χ1n) is 7.76. The van der Waals surface area contributed by atoms with Crippen LogP contribution in [0.2, 0.25) is 10.0 Å². The number of nitrogens with zero attached hydrogens (tertiary/aromatic N) is 3. The summed E-state index contributed by atoms with van der Waals surface area (Å²) in [4.78, 5) is 16.6. The molecular formula is C18H17Cl2N3O2. The summed E-state index contributed by atoms with van der Waals surface area (Å²) < 4.78 is 1.20. The van der Waals surface area contributed by atoms with Gasteiger partial charge < -0.3 is 5.11 Å². The lowest BCUT2D eigenvalue weighted by Gasteiger charge is -2.13. The zero-order chi connectivity index (χ0) is 18.6. The molecule has 1 aromatic carbocycles. The first kappa shape index (κ1) is 19.0. The first-order chi connectivity index (χ1) is 11.9. The highest BCUT2D eigenvalue weighted by atomic mass is 35.5. The minimum atomic E-state index is -0.501. The predicted octanol–water partition coefficient (Wildman–Crippen LogP) is 4.59. The second-order valence-corrected chi connectivity index (χ2v) is 6.30. The van der Waals surface area contributed by atoms with Crippen LogP contribution in [0, 0.1) is 18.3 Å². The molecule has 5 nitrogen and oxygen atoms in total. The van der Waals surface area contributed by atoms with Gasteiger partial charge in [-0.2, -0.15) is 5.26 Å². The Kier molecular flexibility index (Phi) is 6.24. The molecule has 130 valence electrons. The molecule has 2 rings (SSSR count). The van der Waals surface area contributed by atoms with Gasteiger partial charge in [-0.05, 0) is 31.0 Å². The van der Waals surface area contributed by atoms with E-state index in [1.165, 1.54) is 10.8 Å². The Balaban J connectivity index is 2.63. The normalized spacial score (nSPS) is 11.0. The molecule has 0 aliphatic rings. The van der Waals surface area contributed by atoms with E-state index in [2.05, 4.69) is 4.99 Å². The molecule has 0 bridgehead atoms. The zero-order valence-electron chi connectivity index (χ0n) is 13.9. The molecule has 0 aliphatic carbocycles. The van der Waals surface area contributed by atoms with Crippen LogP contribution in [0.25, 0.3) is 0 Å². The van der Waals surface area contributed by atoms with Gasteiger partial charge in [0.25, 0.3) is 5.56 Å². The van der Waals surface area contributed by atoms with Gasteiger partial charge >= 0.3 is 0 Å². The fourth-order valence-corrected chi connectivity index (χ4v) is 2.89. The molecule has 1 aromatic heterocycles. The second kappa shape index (κ2) is 8.19. The van der Waals surface area contributed by atoms with Crippen molar-refractivity contribution < 1.29 is 5.11 Å². The second-order valence-electron chi connectivity index (χ2n) is 5.49. The number of aromatic nitrogens is 1. The molecule has 0 saturated carbocycles. The number of rotatable bonds is 5. The summed E-state index contributed by atoms with van der Waals surface area (Å²) in [6.45, 7) is 3.90. The van der Waals surface area contributed by atoms with Crippen molar-refractivity contribution in [3.63, 3.8) is 0 Å². The Hall–Kier alpha value is -2.29.